The van der Waals surface area contributed by atoms with E-state index in [2.05, 4.69) is 25.7 Å². The molecule has 30 heavy (non-hydrogen) atoms. The summed E-state index contributed by atoms with van der Waals surface area (Å²) in [6.07, 6.45) is 6.04. The van der Waals surface area contributed by atoms with Crippen molar-refractivity contribution in [1.82, 2.24) is 19.4 Å². The lowest BCUT2D eigenvalue weighted by Gasteiger charge is -2.43. The number of amides is 1. The third-order valence-electron chi connectivity index (χ3n) is 6.37. The highest BCUT2D eigenvalue weighted by Gasteiger charge is 2.32. The minimum Gasteiger partial charge on any atom is -0.337 e. The van der Waals surface area contributed by atoms with Crippen LogP contribution in [0.3, 0.4) is 0 Å². The van der Waals surface area contributed by atoms with Crippen LogP contribution in [0.2, 0.25) is 0 Å². The van der Waals surface area contributed by atoms with Gasteiger partial charge in [0.1, 0.15) is 5.82 Å². The molecule has 1 aliphatic rings. The molecule has 1 aromatic carbocycles. The molecule has 164 valence electrons. The maximum Gasteiger partial charge on any atom is 0.261 e. The second kappa shape index (κ2) is 10.2. The van der Waals surface area contributed by atoms with Crippen LogP contribution in [-0.4, -0.2) is 50.9 Å². The number of aromatic nitrogens is 2. The second-order valence-electron chi connectivity index (χ2n) is 8.52. The Kier molecular flexibility index (Phi) is 7.64. The summed E-state index contributed by atoms with van der Waals surface area (Å²) in [7, 11) is 1.82. The summed E-state index contributed by atoms with van der Waals surface area (Å²) >= 11 is 0. The summed E-state index contributed by atoms with van der Waals surface area (Å²) in [5.41, 5.74) is 0.756. The van der Waals surface area contributed by atoms with Gasteiger partial charge in [0, 0.05) is 39.1 Å². The zero-order valence-corrected chi connectivity index (χ0v) is 18.9. The van der Waals surface area contributed by atoms with Gasteiger partial charge in [-0.25, -0.2) is 4.98 Å². The molecular weight excluding hydrogens is 376 g/mol. The van der Waals surface area contributed by atoms with Gasteiger partial charge < -0.3 is 4.90 Å². The number of benzene rings is 1. The van der Waals surface area contributed by atoms with Gasteiger partial charge in [-0.05, 0) is 31.9 Å². The molecule has 0 N–H and O–H groups in total. The van der Waals surface area contributed by atoms with E-state index in [1.165, 1.54) is 12.8 Å². The molecule has 1 saturated heterocycles. The van der Waals surface area contributed by atoms with E-state index in [1.54, 1.807) is 4.57 Å². The molecule has 6 heteroatoms. The monoisotopic (exact) mass is 412 g/mol. The molecule has 2 aromatic rings. The topological polar surface area (TPSA) is 58.4 Å². The molecule has 0 radical (unpaired) electrons. The average Bonchev–Trinajstić information content (AvgIpc) is 2.75. The number of hydrogen-bond acceptors (Lipinski definition) is 4. The minimum atomic E-state index is 0.00277. The van der Waals surface area contributed by atoms with Crippen LogP contribution in [0.25, 0.3) is 10.9 Å². The summed E-state index contributed by atoms with van der Waals surface area (Å²) in [6.45, 7) is 8.82. The molecule has 1 aliphatic heterocycles. The number of fused-ring (bicyclic) bond motifs is 1. The Labute approximate surface area is 179 Å². The van der Waals surface area contributed by atoms with Crippen LogP contribution >= 0.6 is 0 Å². The highest BCUT2D eigenvalue weighted by molar-refractivity contribution is 5.77. The van der Waals surface area contributed by atoms with Crippen LogP contribution in [0.5, 0.6) is 0 Å². The minimum absolute atomic E-state index is 0.00277. The van der Waals surface area contributed by atoms with Gasteiger partial charge in [0.15, 0.2) is 0 Å². The van der Waals surface area contributed by atoms with Gasteiger partial charge in [0.2, 0.25) is 5.91 Å². The van der Waals surface area contributed by atoms with E-state index >= 15 is 0 Å². The predicted octanol–water partition coefficient (Wildman–Crippen LogP) is 3.89. The Morgan fingerprint density at radius 3 is 2.63 bits per heavy atom. The first kappa shape index (κ1) is 22.5. The fourth-order valence-corrected chi connectivity index (χ4v) is 4.62. The zero-order valence-electron chi connectivity index (χ0n) is 18.9. The Hall–Kier alpha value is -2.21. The number of carbonyl (C=O) groups excluding carboxylic acids is 1. The number of unbranched alkanes of at least 4 members (excludes halogenated alkanes) is 3. The quantitative estimate of drug-likeness (QED) is 0.617. The largest absolute Gasteiger partial charge is 0.337 e. The molecule has 6 nitrogen and oxygen atoms in total. The average molecular weight is 413 g/mol. The first-order valence-corrected chi connectivity index (χ1v) is 11.5. The normalized spacial score (nSPS) is 18.7. The highest BCUT2D eigenvalue weighted by Crippen LogP contribution is 2.26. The van der Waals surface area contributed by atoms with Crippen molar-refractivity contribution in [2.45, 2.75) is 71.4 Å². The molecule has 3 rings (SSSR count). The van der Waals surface area contributed by atoms with Crippen LogP contribution < -0.4 is 5.56 Å². The van der Waals surface area contributed by atoms with Crippen molar-refractivity contribution in [3.8, 4) is 0 Å². The first-order valence-electron chi connectivity index (χ1n) is 11.5. The summed E-state index contributed by atoms with van der Waals surface area (Å²) < 4.78 is 1.70. The van der Waals surface area contributed by atoms with Crippen molar-refractivity contribution >= 4 is 16.8 Å². The third kappa shape index (κ3) is 4.75. The smallest absolute Gasteiger partial charge is 0.261 e. The number of para-hydroxylation sites is 1. The SMILES string of the molecule is CCCCCCC(=O)N1CCN(C(CC)c2nc3ccccc3c(=O)n2C)CC1C. The number of carbonyl (C=O) groups is 1. The Balaban J connectivity index is 1.73. The molecule has 2 heterocycles. The number of hydrogen-bond donors (Lipinski definition) is 0. The van der Waals surface area contributed by atoms with Crippen LogP contribution in [0.1, 0.15) is 71.2 Å². The highest BCUT2D eigenvalue weighted by atomic mass is 16.2. The molecule has 0 aliphatic carbocycles. The Bertz CT molecular complexity index is 923. The van der Waals surface area contributed by atoms with Crippen molar-refractivity contribution in [1.29, 1.82) is 0 Å². The second-order valence-corrected chi connectivity index (χ2v) is 8.52. The molecule has 1 amide bonds. The van der Waals surface area contributed by atoms with Crippen LogP contribution in [0, 0.1) is 0 Å². The number of piperazine rings is 1. The van der Waals surface area contributed by atoms with Crippen molar-refractivity contribution in [2.75, 3.05) is 19.6 Å². The van der Waals surface area contributed by atoms with E-state index < -0.39 is 0 Å². The summed E-state index contributed by atoms with van der Waals surface area (Å²) in [5.74, 6) is 1.09. The van der Waals surface area contributed by atoms with Gasteiger partial charge in [-0.2, -0.15) is 0 Å². The van der Waals surface area contributed by atoms with Crippen LogP contribution in [0.4, 0.5) is 0 Å². The molecule has 2 unspecified atom stereocenters. The maximum atomic E-state index is 12.9. The van der Waals surface area contributed by atoms with E-state index in [4.69, 9.17) is 4.98 Å². The van der Waals surface area contributed by atoms with Gasteiger partial charge >= 0.3 is 0 Å². The van der Waals surface area contributed by atoms with E-state index in [9.17, 15) is 9.59 Å². The first-order chi connectivity index (χ1) is 14.5. The predicted molar refractivity (Wildman–Crippen MR) is 122 cm³/mol. The van der Waals surface area contributed by atoms with E-state index in [1.807, 2.05) is 36.2 Å². The lowest BCUT2D eigenvalue weighted by atomic mass is 10.1. The van der Waals surface area contributed by atoms with Crippen molar-refractivity contribution in [3.05, 3.63) is 40.4 Å². The van der Waals surface area contributed by atoms with Crippen molar-refractivity contribution in [2.24, 2.45) is 7.05 Å². The van der Waals surface area contributed by atoms with Gasteiger partial charge in [-0.1, -0.05) is 45.2 Å². The summed E-state index contributed by atoms with van der Waals surface area (Å²) in [5, 5.41) is 0.658. The van der Waals surface area contributed by atoms with Gasteiger partial charge in [0.05, 0.1) is 16.9 Å². The fraction of sp³-hybridized carbons (Fsp3) is 0.625. The van der Waals surface area contributed by atoms with Gasteiger partial charge in [0.25, 0.3) is 5.56 Å². The molecular formula is C24H36N4O2. The lowest BCUT2D eigenvalue weighted by molar-refractivity contribution is -0.136. The maximum absolute atomic E-state index is 12.9. The van der Waals surface area contributed by atoms with Gasteiger partial charge in [-0.3, -0.25) is 19.1 Å². The number of nitrogens with zero attached hydrogens (tertiary/aromatic N) is 4. The van der Waals surface area contributed by atoms with E-state index in [0.29, 0.717) is 11.8 Å². The Morgan fingerprint density at radius 1 is 1.17 bits per heavy atom. The van der Waals surface area contributed by atoms with Crippen LogP contribution in [0.15, 0.2) is 29.1 Å². The summed E-state index contributed by atoms with van der Waals surface area (Å²) in [6, 6.07) is 7.78. The molecule has 1 aromatic heterocycles. The molecule has 0 saturated carbocycles. The lowest BCUT2D eigenvalue weighted by Crippen LogP contribution is -2.55. The summed E-state index contributed by atoms with van der Waals surface area (Å²) in [4.78, 5) is 34.8. The molecule has 2 atom stereocenters. The van der Waals surface area contributed by atoms with Gasteiger partial charge in [-0.15, -0.1) is 0 Å². The van der Waals surface area contributed by atoms with Crippen molar-refractivity contribution < 1.29 is 4.79 Å². The van der Waals surface area contributed by atoms with E-state index in [-0.39, 0.29) is 23.6 Å². The standard InChI is InChI=1S/C24H36N4O2/c1-5-7-8-9-14-22(29)28-16-15-27(17-18(28)3)21(6-2)23-25-20-13-11-10-12-19(20)24(30)26(23)4/h10-13,18,21H,5-9,14-17H2,1-4H3. The fourth-order valence-electron chi connectivity index (χ4n) is 4.62. The third-order valence-corrected chi connectivity index (χ3v) is 6.37. The molecule has 0 spiro atoms. The Morgan fingerprint density at radius 2 is 1.93 bits per heavy atom. The molecule has 1 fully saturated rings. The zero-order chi connectivity index (χ0) is 21.7. The van der Waals surface area contributed by atoms with E-state index in [0.717, 1.165) is 50.2 Å². The molecule has 0 bridgehead atoms. The van der Waals surface area contributed by atoms with Crippen molar-refractivity contribution in [3.63, 3.8) is 0 Å². The number of rotatable bonds is 8. The van der Waals surface area contributed by atoms with Crippen LogP contribution in [-0.2, 0) is 11.8 Å².